The third-order valence-electron chi connectivity index (χ3n) is 5.08. The van der Waals surface area contributed by atoms with Crippen molar-refractivity contribution in [3.8, 4) is 0 Å². The molecule has 0 spiro atoms. The molecule has 0 amide bonds. The SMILES string of the molecule is CCC(C)C1CN(CC2CCC2)C(CC)CN1. The molecule has 100 valence electrons. The molecule has 1 saturated carbocycles. The molecule has 0 aromatic carbocycles. The van der Waals surface area contributed by atoms with Crippen molar-refractivity contribution in [2.45, 2.75) is 65.0 Å². The van der Waals surface area contributed by atoms with Crippen LogP contribution < -0.4 is 5.32 Å². The van der Waals surface area contributed by atoms with Crippen LogP contribution in [-0.4, -0.2) is 36.6 Å². The Morgan fingerprint density at radius 3 is 2.59 bits per heavy atom. The lowest BCUT2D eigenvalue weighted by atomic mass is 9.84. The third kappa shape index (κ3) is 3.23. The Bertz CT molecular complexity index is 225. The highest BCUT2D eigenvalue weighted by Crippen LogP contribution is 2.29. The van der Waals surface area contributed by atoms with E-state index in [0.29, 0.717) is 0 Å². The maximum atomic E-state index is 3.77. The highest BCUT2D eigenvalue weighted by atomic mass is 15.2. The summed E-state index contributed by atoms with van der Waals surface area (Å²) in [6.07, 6.45) is 7.03. The molecule has 0 aromatic rings. The average Bonchev–Trinajstić information content (AvgIpc) is 2.32. The van der Waals surface area contributed by atoms with E-state index in [1.165, 1.54) is 51.7 Å². The summed E-state index contributed by atoms with van der Waals surface area (Å²) in [5.41, 5.74) is 0. The molecule has 2 rings (SSSR count). The predicted octanol–water partition coefficient (Wildman–Crippen LogP) is 2.89. The first-order chi connectivity index (χ1) is 8.24. The molecule has 2 aliphatic rings. The zero-order chi connectivity index (χ0) is 12.3. The molecule has 0 bridgehead atoms. The molecule has 1 aliphatic carbocycles. The van der Waals surface area contributed by atoms with Gasteiger partial charge in [0.2, 0.25) is 0 Å². The Labute approximate surface area is 107 Å². The maximum Gasteiger partial charge on any atom is 0.0221 e. The van der Waals surface area contributed by atoms with Gasteiger partial charge in [-0.15, -0.1) is 0 Å². The van der Waals surface area contributed by atoms with Gasteiger partial charge in [0.05, 0.1) is 0 Å². The fraction of sp³-hybridized carbons (Fsp3) is 1.00. The van der Waals surface area contributed by atoms with Crippen LogP contribution in [0.25, 0.3) is 0 Å². The molecular formula is C15H30N2. The molecule has 1 heterocycles. The van der Waals surface area contributed by atoms with E-state index in [1.54, 1.807) is 0 Å². The molecule has 1 N–H and O–H groups in total. The van der Waals surface area contributed by atoms with E-state index in [1.807, 2.05) is 0 Å². The summed E-state index contributed by atoms with van der Waals surface area (Å²) in [5, 5.41) is 3.77. The van der Waals surface area contributed by atoms with E-state index in [0.717, 1.165) is 23.9 Å². The van der Waals surface area contributed by atoms with Gasteiger partial charge in [-0.3, -0.25) is 4.90 Å². The van der Waals surface area contributed by atoms with Crippen LogP contribution in [0, 0.1) is 11.8 Å². The molecule has 3 atom stereocenters. The minimum absolute atomic E-state index is 0.725. The summed E-state index contributed by atoms with van der Waals surface area (Å²) < 4.78 is 0. The number of nitrogens with zero attached hydrogens (tertiary/aromatic N) is 1. The fourth-order valence-electron chi connectivity index (χ4n) is 3.18. The molecule has 2 nitrogen and oxygen atoms in total. The zero-order valence-electron chi connectivity index (χ0n) is 11.9. The van der Waals surface area contributed by atoms with E-state index in [9.17, 15) is 0 Å². The lowest BCUT2D eigenvalue weighted by Crippen LogP contribution is -2.59. The third-order valence-corrected chi connectivity index (χ3v) is 5.08. The van der Waals surface area contributed by atoms with Gasteiger partial charge in [-0.25, -0.2) is 0 Å². The second-order valence-corrected chi connectivity index (χ2v) is 6.21. The Hall–Kier alpha value is -0.0800. The first kappa shape index (κ1) is 13.4. The van der Waals surface area contributed by atoms with Crippen molar-refractivity contribution in [1.82, 2.24) is 10.2 Å². The van der Waals surface area contributed by atoms with Crippen molar-refractivity contribution >= 4 is 0 Å². The Morgan fingerprint density at radius 1 is 1.29 bits per heavy atom. The molecule has 0 radical (unpaired) electrons. The molecule has 2 fully saturated rings. The normalized spacial score (nSPS) is 33.4. The standard InChI is InChI=1S/C15H30N2/c1-4-12(3)15-11-17(10-13-7-6-8-13)14(5-2)9-16-15/h12-16H,4-11H2,1-3H3. The Kier molecular flexibility index (Phi) is 4.87. The summed E-state index contributed by atoms with van der Waals surface area (Å²) in [4.78, 5) is 2.79. The van der Waals surface area contributed by atoms with Gasteiger partial charge in [0.1, 0.15) is 0 Å². The smallest absolute Gasteiger partial charge is 0.0221 e. The van der Waals surface area contributed by atoms with Crippen LogP contribution in [-0.2, 0) is 0 Å². The van der Waals surface area contributed by atoms with Crippen LogP contribution in [0.4, 0.5) is 0 Å². The highest BCUT2D eigenvalue weighted by molar-refractivity contribution is 4.89. The summed E-state index contributed by atoms with van der Waals surface area (Å²) in [6, 6.07) is 1.51. The van der Waals surface area contributed by atoms with Gasteiger partial charge >= 0.3 is 0 Å². The fourth-order valence-corrected chi connectivity index (χ4v) is 3.18. The second-order valence-electron chi connectivity index (χ2n) is 6.21. The van der Waals surface area contributed by atoms with Crippen molar-refractivity contribution in [1.29, 1.82) is 0 Å². The van der Waals surface area contributed by atoms with E-state index in [-0.39, 0.29) is 0 Å². The number of piperazine rings is 1. The second kappa shape index (κ2) is 6.19. The van der Waals surface area contributed by atoms with Crippen molar-refractivity contribution < 1.29 is 0 Å². The van der Waals surface area contributed by atoms with Gasteiger partial charge in [-0.05, 0) is 31.1 Å². The summed E-state index contributed by atoms with van der Waals surface area (Å²) >= 11 is 0. The monoisotopic (exact) mass is 238 g/mol. The minimum atomic E-state index is 0.725. The lowest BCUT2D eigenvalue weighted by molar-refractivity contribution is 0.0728. The number of nitrogens with one attached hydrogen (secondary N) is 1. The van der Waals surface area contributed by atoms with E-state index in [2.05, 4.69) is 31.0 Å². The van der Waals surface area contributed by atoms with Crippen LogP contribution >= 0.6 is 0 Å². The average molecular weight is 238 g/mol. The molecule has 3 unspecified atom stereocenters. The maximum absolute atomic E-state index is 3.77. The topological polar surface area (TPSA) is 15.3 Å². The molecule has 2 heteroatoms. The van der Waals surface area contributed by atoms with E-state index >= 15 is 0 Å². The van der Waals surface area contributed by atoms with Crippen LogP contribution in [0.1, 0.15) is 52.9 Å². The van der Waals surface area contributed by atoms with Gasteiger partial charge in [0.25, 0.3) is 0 Å². The quantitative estimate of drug-likeness (QED) is 0.792. The molecular weight excluding hydrogens is 208 g/mol. The van der Waals surface area contributed by atoms with Crippen molar-refractivity contribution in [2.75, 3.05) is 19.6 Å². The summed E-state index contributed by atoms with van der Waals surface area (Å²) in [6.45, 7) is 10.9. The first-order valence-electron chi connectivity index (χ1n) is 7.72. The molecule has 1 saturated heterocycles. The van der Waals surface area contributed by atoms with Crippen LogP contribution in [0.5, 0.6) is 0 Å². The van der Waals surface area contributed by atoms with Gasteiger partial charge in [0, 0.05) is 31.7 Å². The predicted molar refractivity (Wildman–Crippen MR) is 74.2 cm³/mol. The van der Waals surface area contributed by atoms with Gasteiger partial charge in [-0.1, -0.05) is 33.6 Å². The molecule has 0 aromatic heterocycles. The van der Waals surface area contributed by atoms with Gasteiger partial charge in [-0.2, -0.15) is 0 Å². The largest absolute Gasteiger partial charge is 0.311 e. The number of hydrogen-bond acceptors (Lipinski definition) is 2. The van der Waals surface area contributed by atoms with Crippen molar-refractivity contribution in [3.05, 3.63) is 0 Å². The van der Waals surface area contributed by atoms with Gasteiger partial charge < -0.3 is 5.32 Å². The Balaban J connectivity index is 1.88. The summed E-state index contributed by atoms with van der Waals surface area (Å²) in [7, 11) is 0. The number of rotatable bonds is 5. The lowest BCUT2D eigenvalue weighted by Gasteiger charge is -2.44. The van der Waals surface area contributed by atoms with Crippen LogP contribution in [0.3, 0.4) is 0 Å². The van der Waals surface area contributed by atoms with Crippen molar-refractivity contribution in [3.63, 3.8) is 0 Å². The van der Waals surface area contributed by atoms with Crippen LogP contribution in [0.15, 0.2) is 0 Å². The van der Waals surface area contributed by atoms with E-state index < -0.39 is 0 Å². The Morgan fingerprint density at radius 2 is 2.06 bits per heavy atom. The number of hydrogen-bond donors (Lipinski definition) is 1. The van der Waals surface area contributed by atoms with Crippen molar-refractivity contribution in [2.24, 2.45) is 11.8 Å². The molecule has 1 aliphatic heterocycles. The van der Waals surface area contributed by atoms with Crippen LogP contribution in [0.2, 0.25) is 0 Å². The minimum Gasteiger partial charge on any atom is -0.311 e. The molecule has 17 heavy (non-hydrogen) atoms. The summed E-state index contributed by atoms with van der Waals surface area (Å²) in [5.74, 6) is 1.83. The van der Waals surface area contributed by atoms with E-state index in [4.69, 9.17) is 0 Å². The van der Waals surface area contributed by atoms with Gasteiger partial charge in [0.15, 0.2) is 0 Å². The highest BCUT2D eigenvalue weighted by Gasteiger charge is 2.31. The zero-order valence-corrected chi connectivity index (χ0v) is 11.9. The first-order valence-corrected chi connectivity index (χ1v) is 7.72.